The summed E-state index contributed by atoms with van der Waals surface area (Å²) in [4.78, 5) is 19.0. The van der Waals surface area contributed by atoms with Gasteiger partial charge in [-0.25, -0.2) is 4.98 Å². The van der Waals surface area contributed by atoms with Gasteiger partial charge < -0.3 is 9.30 Å². The smallest absolute Gasteiger partial charge is 0.323 e. The SMILES string of the molecule is CC1CC(N2CCc3c(nc(C4CC4)n3C)C2)C(=O)O1. The number of aromatic nitrogens is 2. The molecule has 2 unspecified atom stereocenters. The van der Waals surface area contributed by atoms with E-state index in [1.54, 1.807) is 0 Å². The lowest BCUT2D eigenvalue weighted by Gasteiger charge is -2.29. The van der Waals surface area contributed by atoms with Crippen LogP contribution in [0.2, 0.25) is 0 Å². The number of rotatable bonds is 2. The van der Waals surface area contributed by atoms with Crippen molar-refractivity contribution >= 4 is 5.97 Å². The minimum absolute atomic E-state index is 0.0552. The van der Waals surface area contributed by atoms with Crippen molar-refractivity contribution in [2.75, 3.05) is 6.54 Å². The first-order chi connectivity index (χ1) is 9.63. The molecule has 1 aromatic heterocycles. The molecule has 108 valence electrons. The molecule has 2 aliphatic heterocycles. The summed E-state index contributed by atoms with van der Waals surface area (Å²) in [5.41, 5.74) is 2.54. The van der Waals surface area contributed by atoms with Crippen LogP contribution in [0.15, 0.2) is 0 Å². The van der Waals surface area contributed by atoms with Crippen molar-refractivity contribution in [3.63, 3.8) is 0 Å². The number of ether oxygens (including phenoxy) is 1. The molecule has 0 aromatic carbocycles. The van der Waals surface area contributed by atoms with Crippen molar-refractivity contribution in [2.45, 2.75) is 57.2 Å². The van der Waals surface area contributed by atoms with Gasteiger partial charge in [-0.2, -0.15) is 0 Å². The Morgan fingerprint density at radius 3 is 2.80 bits per heavy atom. The Morgan fingerprint density at radius 2 is 2.15 bits per heavy atom. The van der Waals surface area contributed by atoms with Gasteiger partial charge in [-0.1, -0.05) is 0 Å². The van der Waals surface area contributed by atoms with Crippen molar-refractivity contribution in [1.29, 1.82) is 0 Å². The fourth-order valence-corrected chi connectivity index (χ4v) is 3.58. The highest BCUT2D eigenvalue weighted by Gasteiger charge is 2.39. The van der Waals surface area contributed by atoms with Crippen LogP contribution in [0.1, 0.15) is 49.3 Å². The van der Waals surface area contributed by atoms with E-state index in [-0.39, 0.29) is 18.1 Å². The quantitative estimate of drug-likeness (QED) is 0.765. The molecule has 0 spiro atoms. The molecule has 0 bridgehead atoms. The third kappa shape index (κ3) is 1.87. The van der Waals surface area contributed by atoms with E-state index in [1.807, 2.05) is 6.92 Å². The van der Waals surface area contributed by atoms with E-state index >= 15 is 0 Å². The number of carbonyl (C=O) groups excluding carboxylic acids is 1. The molecule has 0 radical (unpaired) electrons. The normalized spacial score (nSPS) is 30.4. The molecule has 3 heterocycles. The molecule has 0 amide bonds. The molecule has 4 rings (SSSR count). The zero-order chi connectivity index (χ0) is 13.9. The van der Waals surface area contributed by atoms with Crippen LogP contribution >= 0.6 is 0 Å². The first kappa shape index (κ1) is 12.4. The van der Waals surface area contributed by atoms with Gasteiger partial charge in [0, 0.05) is 44.6 Å². The monoisotopic (exact) mass is 275 g/mol. The maximum Gasteiger partial charge on any atom is 0.323 e. The van der Waals surface area contributed by atoms with Gasteiger partial charge in [0.05, 0.1) is 5.69 Å². The summed E-state index contributed by atoms with van der Waals surface area (Å²) in [5, 5.41) is 0. The summed E-state index contributed by atoms with van der Waals surface area (Å²) in [6, 6.07) is -0.0652. The van der Waals surface area contributed by atoms with Crippen LogP contribution in [0, 0.1) is 0 Å². The highest BCUT2D eigenvalue weighted by molar-refractivity contribution is 5.78. The van der Waals surface area contributed by atoms with Crippen molar-refractivity contribution < 1.29 is 9.53 Å². The van der Waals surface area contributed by atoms with Gasteiger partial charge in [-0.3, -0.25) is 9.69 Å². The summed E-state index contributed by atoms with van der Waals surface area (Å²) in [7, 11) is 2.14. The first-order valence-corrected chi connectivity index (χ1v) is 7.62. The van der Waals surface area contributed by atoms with E-state index in [9.17, 15) is 4.79 Å². The number of fused-ring (bicyclic) bond motifs is 1. The maximum absolute atomic E-state index is 11.9. The lowest BCUT2D eigenvalue weighted by atomic mass is 10.1. The summed E-state index contributed by atoms with van der Waals surface area (Å²) in [5.74, 6) is 1.87. The van der Waals surface area contributed by atoms with Crippen LogP contribution in [0.5, 0.6) is 0 Å². The molecule has 2 atom stereocenters. The zero-order valence-electron chi connectivity index (χ0n) is 12.1. The molecule has 2 fully saturated rings. The van der Waals surface area contributed by atoms with Gasteiger partial charge in [-0.05, 0) is 19.8 Å². The largest absolute Gasteiger partial charge is 0.461 e. The van der Waals surface area contributed by atoms with Crippen molar-refractivity contribution in [3.8, 4) is 0 Å². The molecular weight excluding hydrogens is 254 g/mol. The Hall–Kier alpha value is -1.36. The second-order valence-electron chi connectivity index (χ2n) is 6.42. The summed E-state index contributed by atoms with van der Waals surface area (Å²) < 4.78 is 7.58. The zero-order valence-corrected chi connectivity index (χ0v) is 12.1. The van der Waals surface area contributed by atoms with E-state index in [0.29, 0.717) is 5.92 Å². The highest BCUT2D eigenvalue weighted by Crippen LogP contribution is 2.40. The lowest BCUT2D eigenvalue weighted by molar-refractivity contribution is -0.145. The lowest BCUT2D eigenvalue weighted by Crippen LogP contribution is -2.42. The van der Waals surface area contributed by atoms with E-state index in [2.05, 4.69) is 16.5 Å². The molecule has 0 N–H and O–H groups in total. The standard InChI is InChI=1S/C15H21N3O2/c1-9-7-13(15(19)20-9)18-6-5-12-11(8-18)16-14(17(12)2)10-3-4-10/h9-10,13H,3-8H2,1-2H3. The van der Waals surface area contributed by atoms with Crippen LogP contribution in [0.4, 0.5) is 0 Å². The van der Waals surface area contributed by atoms with E-state index in [4.69, 9.17) is 9.72 Å². The van der Waals surface area contributed by atoms with Crippen molar-refractivity contribution in [1.82, 2.24) is 14.5 Å². The maximum atomic E-state index is 11.9. The van der Waals surface area contributed by atoms with Crippen LogP contribution in [0.25, 0.3) is 0 Å². The molecule has 1 saturated heterocycles. The number of hydrogen-bond acceptors (Lipinski definition) is 4. The predicted molar refractivity (Wildman–Crippen MR) is 73.3 cm³/mol. The van der Waals surface area contributed by atoms with Gasteiger partial charge in [0.25, 0.3) is 0 Å². The van der Waals surface area contributed by atoms with Crippen molar-refractivity contribution in [2.24, 2.45) is 7.05 Å². The number of nitrogens with zero attached hydrogens (tertiary/aromatic N) is 3. The molecule has 5 nitrogen and oxygen atoms in total. The Bertz CT molecular complexity index is 562. The number of cyclic esters (lactones) is 1. The second-order valence-corrected chi connectivity index (χ2v) is 6.42. The van der Waals surface area contributed by atoms with Crippen LogP contribution in [-0.4, -0.2) is 39.1 Å². The Balaban J connectivity index is 1.57. The van der Waals surface area contributed by atoms with Gasteiger partial charge in [-0.15, -0.1) is 0 Å². The van der Waals surface area contributed by atoms with Crippen molar-refractivity contribution in [3.05, 3.63) is 17.2 Å². The van der Waals surface area contributed by atoms with E-state index in [1.165, 1.54) is 30.1 Å². The number of carbonyl (C=O) groups is 1. The van der Waals surface area contributed by atoms with Crippen LogP contribution in [-0.2, 0) is 29.5 Å². The molecular formula is C15H21N3O2. The molecule has 1 saturated carbocycles. The third-order valence-corrected chi connectivity index (χ3v) is 4.85. The molecule has 1 aromatic rings. The Labute approximate surface area is 118 Å². The molecule has 20 heavy (non-hydrogen) atoms. The van der Waals surface area contributed by atoms with E-state index in [0.717, 1.165) is 25.9 Å². The minimum atomic E-state index is -0.0652. The Morgan fingerprint density at radius 1 is 1.35 bits per heavy atom. The fourth-order valence-electron chi connectivity index (χ4n) is 3.58. The minimum Gasteiger partial charge on any atom is -0.461 e. The fraction of sp³-hybridized carbons (Fsp3) is 0.733. The summed E-state index contributed by atoms with van der Waals surface area (Å²) in [6.45, 7) is 3.70. The first-order valence-electron chi connectivity index (χ1n) is 7.62. The summed E-state index contributed by atoms with van der Waals surface area (Å²) >= 11 is 0. The van der Waals surface area contributed by atoms with Crippen LogP contribution in [0.3, 0.4) is 0 Å². The van der Waals surface area contributed by atoms with E-state index < -0.39 is 0 Å². The van der Waals surface area contributed by atoms with Crippen LogP contribution < -0.4 is 0 Å². The van der Waals surface area contributed by atoms with Gasteiger partial charge in [0.1, 0.15) is 18.0 Å². The van der Waals surface area contributed by atoms with Gasteiger partial charge in [0.2, 0.25) is 0 Å². The molecule has 3 aliphatic rings. The average molecular weight is 275 g/mol. The number of esters is 1. The molecule has 5 heteroatoms. The predicted octanol–water partition coefficient (Wildman–Crippen LogP) is 1.36. The summed E-state index contributed by atoms with van der Waals surface area (Å²) in [6.07, 6.45) is 4.42. The highest BCUT2D eigenvalue weighted by atomic mass is 16.6. The third-order valence-electron chi connectivity index (χ3n) is 4.85. The Kier molecular flexibility index (Phi) is 2.67. The number of imidazole rings is 1. The topological polar surface area (TPSA) is 47.4 Å². The van der Waals surface area contributed by atoms with Gasteiger partial charge >= 0.3 is 5.97 Å². The average Bonchev–Trinajstić information content (AvgIpc) is 3.14. The molecule has 1 aliphatic carbocycles. The second kappa shape index (κ2) is 4.32. The number of hydrogen-bond donors (Lipinski definition) is 0. The van der Waals surface area contributed by atoms with Gasteiger partial charge in [0.15, 0.2) is 0 Å².